The van der Waals surface area contributed by atoms with E-state index in [1.165, 1.54) is 5.56 Å². The van der Waals surface area contributed by atoms with E-state index in [-0.39, 0.29) is 0 Å². The summed E-state index contributed by atoms with van der Waals surface area (Å²) in [5.74, 6) is 0. The zero-order valence-electron chi connectivity index (χ0n) is 15.5. The first kappa shape index (κ1) is 19.9. The van der Waals surface area contributed by atoms with Gasteiger partial charge in [-0.05, 0) is 38.0 Å². The van der Waals surface area contributed by atoms with E-state index in [1.54, 1.807) is 0 Å². The summed E-state index contributed by atoms with van der Waals surface area (Å²) >= 11 is 5.51. The molecule has 5 heteroatoms. The highest BCUT2D eigenvalue weighted by molar-refractivity contribution is 7.80. The molecule has 2 rings (SSSR count). The summed E-state index contributed by atoms with van der Waals surface area (Å²) < 4.78 is 5.54. The molecular weight excluding hydrogens is 330 g/mol. The maximum absolute atomic E-state index is 5.54. The number of ether oxygens (including phenoxy) is 1. The minimum atomic E-state index is 0.302. The first-order chi connectivity index (χ1) is 12.1. The fourth-order valence-corrected chi connectivity index (χ4v) is 3.02. The van der Waals surface area contributed by atoms with Crippen molar-refractivity contribution in [2.45, 2.75) is 26.4 Å². The lowest BCUT2D eigenvalue weighted by atomic mass is 10.2. The van der Waals surface area contributed by atoms with E-state index in [1.807, 2.05) is 6.07 Å². The van der Waals surface area contributed by atoms with Gasteiger partial charge < -0.3 is 15.0 Å². The van der Waals surface area contributed by atoms with Gasteiger partial charge in [-0.15, -0.1) is 0 Å². The molecule has 0 amide bonds. The highest BCUT2D eigenvalue weighted by Crippen LogP contribution is 2.05. The van der Waals surface area contributed by atoms with Gasteiger partial charge in [-0.3, -0.25) is 4.90 Å². The van der Waals surface area contributed by atoms with Gasteiger partial charge in [0.15, 0.2) is 5.11 Å². The van der Waals surface area contributed by atoms with E-state index in [2.05, 4.69) is 65.4 Å². The molecule has 1 heterocycles. The van der Waals surface area contributed by atoms with E-state index in [9.17, 15) is 0 Å². The minimum absolute atomic E-state index is 0.302. The van der Waals surface area contributed by atoms with Crippen LogP contribution in [-0.4, -0.2) is 66.9 Å². The van der Waals surface area contributed by atoms with Crippen molar-refractivity contribution >= 4 is 23.4 Å². The van der Waals surface area contributed by atoms with Crippen LogP contribution in [0.15, 0.2) is 36.4 Å². The molecule has 0 atom stereocenters. The maximum Gasteiger partial charge on any atom is 0.169 e. The smallest absolute Gasteiger partial charge is 0.169 e. The zero-order valence-corrected chi connectivity index (χ0v) is 16.3. The second-order valence-corrected chi connectivity index (χ2v) is 6.99. The molecule has 1 saturated heterocycles. The number of nitrogens with one attached hydrogen (secondary N) is 1. The molecule has 0 bridgehead atoms. The molecule has 0 unspecified atom stereocenters. The Labute approximate surface area is 157 Å². The Morgan fingerprint density at radius 2 is 1.92 bits per heavy atom. The summed E-state index contributed by atoms with van der Waals surface area (Å²) in [6, 6.07) is 10.4. The number of piperazine rings is 1. The number of hydrogen-bond acceptors (Lipinski definition) is 3. The summed E-state index contributed by atoms with van der Waals surface area (Å²) in [5, 5.41) is 4.23. The average molecular weight is 362 g/mol. The van der Waals surface area contributed by atoms with Crippen LogP contribution < -0.4 is 5.32 Å². The second-order valence-electron chi connectivity index (χ2n) is 6.61. The van der Waals surface area contributed by atoms with Crippen molar-refractivity contribution < 1.29 is 4.74 Å². The molecular formula is C20H31N3OS. The molecule has 138 valence electrons. The summed E-state index contributed by atoms with van der Waals surface area (Å²) in [7, 11) is 0. The molecule has 0 aromatic heterocycles. The number of benzene rings is 1. The molecule has 0 spiro atoms. The van der Waals surface area contributed by atoms with E-state index < -0.39 is 0 Å². The molecule has 25 heavy (non-hydrogen) atoms. The molecule has 1 aliphatic heterocycles. The largest absolute Gasteiger partial charge is 0.379 e. The summed E-state index contributed by atoms with van der Waals surface area (Å²) in [6.45, 7) is 10.9. The van der Waals surface area contributed by atoms with E-state index in [0.717, 1.165) is 57.4 Å². The van der Waals surface area contributed by atoms with Crippen molar-refractivity contribution in [2.75, 3.05) is 45.9 Å². The molecule has 1 fully saturated rings. The van der Waals surface area contributed by atoms with E-state index in [4.69, 9.17) is 17.0 Å². The van der Waals surface area contributed by atoms with Crippen molar-refractivity contribution in [3.63, 3.8) is 0 Å². The van der Waals surface area contributed by atoms with Gasteiger partial charge in [-0.25, -0.2) is 0 Å². The molecule has 1 aliphatic rings. The minimum Gasteiger partial charge on any atom is -0.379 e. The van der Waals surface area contributed by atoms with Gasteiger partial charge in [-0.1, -0.05) is 42.5 Å². The fourth-order valence-electron chi connectivity index (χ4n) is 2.73. The van der Waals surface area contributed by atoms with Gasteiger partial charge in [0.1, 0.15) is 0 Å². The highest BCUT2D eigenvalue weighted by atomic mass is 32.1. The van der Waals surface area contributed by atoms with Crippen LogP contribution in [0.3, 0.4) is 0 Å². The van der Waals surface area contributed by atoms with Gasteiger partial charge in [-0.2, -0.15) is 0 Å². The Bertz CT molecular complexity index is 525. The standard InChI is InChI=1S/C20H31N3OS/c1-18(2)24-17-7-11-21-20(25)23-15-13-22(14-16-23)12-6-10-19-8-4-3-5-9-19/h3-6,8-10,18H,7,11-17H2,1-2H3,(H,21,25). The van der Waals surface area contributed by atoms with Crippen LogP contribution in [-0.2, 0) is 4.74 Å². The molecule has 0 aliphatic carbocycles. The van der Waals surface area contributed by atoms with Crippen LogP contribution in [0, 0.1) is 0 Å². The van der Waals surface area contributed by atoms with Gasteiger partial charge >= 0.3 is 0 Å². The normalized spacial score (nSPS) is 15.9. The number of thiocarbonyl (C=S) groups is 1. The molecule has 1 aromatic rings. The summed E-state index contributed by atoms with van der Waals surface area (Å²) in [5.41, 5.74) is 1.26. The fraction of sp³-hybridized carbons (Fsp3) is 0.550. The Hall–Kier alpha value is -1.43. The first-order valence-corrected chi connectivity index (χ1v) is 9.64. The lowest BCUT2D eigenvalue weighted by Crippen LogP contribution is -2.51. The Balaban J connectivity index is 1.59. The summed E-state index contributed by atoms with van der Waals surface area (Å²) in [4.78, 5) is 4.74. The SMILES string of the molecule is CC(C)OCCCNC(=S)N1CCN(CC=Cc2ccccc2)CC1. The van der Waals surface area contributed by atoms with Crippen LogP contribution in [0.5, 0.6) is 0 Å². The van der Waals surface area contributed by atoms with Crippen molar-refractivity contribution in [3.05, 3.63) is 42.0 Å². The molecule has 0 radical (unpaired) electrons. The zero-order chi connectivity index (χ0) is 17.9. The number of hydrogen-bond donors (Lipinski definition) is 1. The van der Waals surface area contributed by atoms with Gasteiger partial charge in [0.05, 0.1) is 6.10 Å². The first-order valence-electron chi connectivity index (χ1n) is 9.23. The monoisotopic (exact) mass is 361 g/mol. The third-order valence-electron chi connectivity index (χ3n) is 4.18. The predicted octanol–water partition coefficient (Wildman–Crippen LogP) is 3.01. The quantitative estimate of drug-likeness (QED) is 0.568. The van der Waals surface area contributed by atoms with Crippen molar-refractivity contribution in [2.24, 2.45) is 0 Å². The Morgan fingerprint density at radius 1 is 1.20 bits per heavy atom. The van der Waals surface area contributed by atoms with Gasteiger partial charge in [0.2, 0.25) is 0 Å². The Morgan fingerprint density at radius 3 is 2.60 bits per heavy atom. The van der Waals surface area contributed by atoms with Crippen molar-refractivity contribution in [1.29, 1.82) is 0 Å². The van der Waals surface area contributed by atoms with E-state index >= 15 is 0 Å². The van der Waals surface area contributed by atoms with Crippen LogP contribution in [0.25, 0.3) is 6.08 Å². The lowest BCUT2D eigenvalue weighted by molar-refractivity contribution is 0.0775. The van der Waals surface area contributed by atoms with Crippen LogP contribution >= 0.6 is 12.2 Å². The second kappa shape index (κ2) is 11.2. The van der Waals surface area contributed by atoms with Crippen LogP contribution in [0.4, 0.5) is 0 Å². The third kappa shape index (κ3) is 7.99. The third-order valence-corrected chi connectivity index (χ3v) is 4.58. The highest BCUT2D eigenvalue weighted by Gasteiger charge is 2.17. The van der Waals surface area contributed by atoms with Crippen LogP contribution in [0.2, 0.25) is 0 Å². The number of nitrogens with zero attached hydrogens (tertiary/aromatic N) is 2. The van der Waals surface area contributed by atoms with Crippen molar-refractivity contribution in [3.8, 4) is 0 Å². The number of rotatable bonds is 8. The van der Waals surface area contributed by atoms with Crippen LogP contribution in [0.1, 0.15) is 25.8 Å². The van der Waals surface area contributed by atoms with Gasteiger partial charge in [0, 0.05) is 45.9 Å². The van der Waals surface area contributed by atoms with Gasteiger partial charge in [0.25, 0.3) is 0 Å². The summed E-state index contributed by atoms with van der Waals surface area (Å²) in [6.07, 6.45) is 5.73. The molecule has 4 nitrogen and oxygen atoms in total. The molecule has 1 N–H and O–H groups in total. The van der Waals surface area contributed by atoms with Crippen molar-refractivity contribution in [1.82, 2.24) is 15.1 Å². The molecule has 1 aromatic carbocycles. The topological polar surface area (TPSA) is 27.7 Å². The Kier molecular flexibility index (Phi) is 8.94. The maximum atomic E-state index is 5.54. The average Bonchev–Trinajstić information content (AvgIpc) is 2.62. The lowest BCUT2D eigenvalue weighted by Gasteiger charge is -2.35. The van der Waals surface area contributed by atoms with E-state index in [0.29, 0.717) is 6.10 Å². The predicted molar refractivity (Wildman–Crippen MR) is 110 cm³/mol. The molecule has 0 saturated carbocycles.